The molecule has 0 amide bonds. The second-order valence-corrected chi connectivity index (χ2v) is 9.49. The number of aromatic nitrogens is 3. The van der Waals surface area contributed by atoms with Crippen molar-refractivity contribution in [1.82, 2.24) is 14.8 Å². The van der Waals surface area contributed by atoms with Crippen LogP contribution in [0.3, 0.4) is 0 Å². The Kier molecular flexibility index (Phi) is 6.65. The summed E-state index contributed by atoms with van der Waals surface area (Å²) >= 11 is 6.21. The van der Waals surface area contributed by atoms with Crippen LogP contribution in [0.4, 0.5) is 0 Å². The summed E-state index contributed by atoms with van der Waals surface area (Å²) in [7, 11) is 3.22. The molecule has 0 aliphatic heterocycles. The average Bonchev–Trinajstić information content (AvgIpc) is 3.40. The van der Waals surface area contributed by atoms with Gasteiger partial charge in [0.05, 0.1) is 36.6 Å². The summed E-state index contributed by atoms with van der Waals surface area (Å²) in [6.45, 7) is 0. The number of methoxy groups -OCH3 is 2. The molecule has 2 heterocycles. The molecule has 2 aromatic heterocycles. The molecule has 194 valence electrons. The number of rotatable bonds is 6. The summed E-state index contributed by atoms with van der Waals surface area (Å²) in [5.74, 6) is 1.23. The van der Waals surface area contributed by atoms with Crippen LogP contribution in [0, 0.1) is 11.3 Å². The Balaban J connectivity index is 1.84. The fourth-order valence-electron chi connectivity index (χ4n) is 4.90. The first-order valence-corrected chi connectivity index (χ1v) is 13.0. The molecular weight excluding hydrogens is 520 g/mol. The van der Waals surface area contributed by atoms with Crippen molar-refractivity contribution < 1.29 is 9.47 Å². The molecular formula is C33H23ClN4O2. The summed E-state index contributed by atoms with van der Waals surface area (Å²) in [4.78, 5) is 5.12. The van der Waals surface area contributed by atoms with Gasteiger partial charge in [0.25, 0.3) is 0 Å². The van der Waals surface area contributed by atoms with Gasteiger partial charge >= 0.3 is 0 Å². The van der Waals surface area contributed by atoms with Crippen LogP contribution in [-0.2, 0) is 0 Å². The maximum Gasteiger partial charge on any atom is 0.164 e. The minimum atomic E-state index is 0.395. The van der Waals surface area contributed by atoms with Gasteiger partial charge in [0.1, 0.15) is 23.3 Å². The second-order valence-electron chi connectivity index (χ2n) is 9.06. The Bertz CT molecular complexity index is 1880. The van der Waals surface area contributed by atoms with Crippen molar-refractivity contribution in [3.8, 4) is 56.9 Å². The van der Waals surface area contributed by atoms with E-state index in [1.807, 2.05) is 95.7 Å². The van der Waals surface area contributed by atoms with E-state index in [1.165, 1.54) is 0 Å². The molecule has 0 saturated heterocycles. The van der Waals surface area contributed by atoms with Gasteiger partial charge in [-0.1, -0.05) is 72.3 Å². The fraction of sp³-hybridized carbons (Fsp3) is 0.0606. The quantitative estimate of drug-likeness (QED) is 0.213. The number of halogens is 1. The van der Waals surface area contributed by atoms with E-state index in [1.54, 1.807) is 26.4 Å². The lowest BCUT2D eigenvalue weighted by Crippen LogP contribution is -2.01. The number of pyridine rings is 1. The highest BCUT2D eigenvalue weighted by Crippen LogP contribution is 2.45. The first-order chi connectivity index (χ1) is 19.6. The van der Waals surface area contributed by atoms with Crippen LogP contribution in [0.25, 0.3) is 50.4 Å². The molecule has 6 rings (SSSR count). The van der Waals surface area contributed by atoms with Crippen molar-refractivity contribution in [3.63, 3.8) is 0 Å². The summed E-state index contributed by atoms with van der Waals surface area (Å²) in [5.41, 5.74) is 6.08. The first-order valence-electron chi connectivity index (χ1n) is 12.6. The Labute approximate surface area is 236 Å². The lowest BCUT2D eigenvalue weighted by Gasteiger charge is -2.16. The first kappa shape index (κ1) is 25.2. The highest BCUT2D eigenvalue weighted by atomic mass is 35.5. The van der Waals surface area contributed by atoms with E-state index in [9.17, 15) is 5.26 Å². The zero-order chi connectivity index (χ0) is 27.6. The van der Waals surface area contributed by atoms with Gasteiger partial charge in [-0.2, -0.15) is 10.4 Å². The van der Waals surface area contributed by atoms with Gasteiger partial charge in [-0.3, -0.25) is 0 Å². The second kappa shape index (κ2) is 10.6. The molecule has 0 radical (unpaired) electrons. The van der Waals surface area contributed by atoms with Gasteiger partial charge < -0.3 is 9.47 Å². The van der Waals surface area contributed by atoms with Gasteiger partial charge in [0.15, 0.2) is 5.65 Å². The van der Waals surface area contributed by atoms with Crippen molar-refractivity contribution in [3.05, 3.63) is 114 Å². The molecule has 4 aromatic carbocycles. The van der Waals surface area contributed by atoms with Crippen LogP contribution in [0.2, 0.25) is 5.02 Å². The highest BCUT2D eigenvalue weighted by molar-refractivity contribution is 6.30. The van der Waals surface area contributed by atoms with Crippen molar-refractivity contribution in [2.75, 3.05) is 14.2 Å². The number of hydrogen-bond acceptors (Lipinski definition) is 5. The molecule has 6 nitrogen and oxygen atoms in total. The summed E-state index contributed by atoms with van der Waals surface area (Å²) < 4.78 is 13.2. The van der Waals surface area contributed by atoms with Crippen LogP contribution in [0.1, 0.15) is 5.56 Å². The molecule has 6 aromatic rings. The Hall–Kier alpha value is -5.12. The number of para-hydroxylation sites is 1. The number of nitriles is 1. The molecule has 0 bridgehead atoms. The van der Waals surface area contributed by atoms with Crippen molar-refractivity contribution >= 4 is 22.6 Å². The zero-order valence-corrected chi connectivity index (χ0v) is 22.6. The smallest absolute Gasteiger partial charge is 0.164 e. The van der Waals surface area contributed by atoms with Gasteiger partial charge in [0, 0.05) is 27.3 Å². The molecule has 0 fully saturated rings. The van der Waals surface area contributed by atoms with Crippen LogP contribution in [-0.4, -0.2) is 29.0 Å². The molecule has 0 aliphatic carbocycles. The van der Waals surface area contributed by atoms with E-state index < -0.39 is 0 Å². The summed E-state index contributed by atoms with van der Waals surface area (Å²) in [5, 5.41) is 17.1. The third-order valence-electron chi connectivity index (χ3n) is 6.77. The predicted molar refractivity (Wildman–Crippen MR) is 158 cm³/mol. The Morgan fingerprint density at radius 1 is 0.775 bits per heavy atom. The Morgan fingerprint density at radius 2 is 1.45 bits per heavy atom. The molecule has 0 N–H and O–H groups in total. The highest BCUT2D eigenvalue weighted by Gasteiger charge is 2.27. The molecule has 0 aliphatic rings. The van der Waals surface area contributed by atoms with E-state index in [0.717, 1.165) is 22.2 Å². The van der Waals surface area contributed by atoms with E-state index in [4.69, 9.17) is 31.2 Å². The number of hydrogen-bond donors (Lipinski definition) is 0. The van der Waals surface area contributed by atoms with Gasteiger partial charge in [-0.05, 0) is 42.5 Å². The maximum atomic E-state index is 10.7. The third kappa shape index (κ3) is 4.33. The standard InChI is InChI=1S/C33H23ClN4O2/c1-39-25-17-18-28(40-2)26(19-25)29-27(20-35)31(22-13-15-23(34)16-14-22)36-33-30(29)32(21-9-5-3-6-10-21)37-38(33)24-11-7-4-8-12-24/h3-19H,1-2H3. The van der Waals surface area contributed by atoms with Crippen LogP contribution in [0.5, 0.6) is 11.5 Å². The van der Waals surface area contributed by atoms with Gasteiger partial charge in [0.2, 0.25) is 0 Å². The van der Waals surface area contributed by atoms with E-state index >= 15 is 0 Å². The molecule has 0 atom stereocenters. The lowest BCUT2D eigenvalue weighted by molar-refractivity contribution is 0.404. The predicted octanol–water partition coefficient (Wildman–Crippen LogP) is 7.96. The molecule has 0 saturated carbocycles. The number of nitrogens with zero attached hydrogens (tertiary/aromatic N) is 4. The van der Waals surface area contributed by atoms with Crippen molar-refractivity contribution in [2.24, 2.45) is 0 Å². The molecule has 0 spiro atoms. The number of ether oxygens (including phenoxy) is 2. The fourth-order valence-corrected chi connectivity index (χ4v) is 5.03. The van der Waals surface area contributed by atoms with Crippen molar-refractivity contribution in [2.45, 2.75) is 0 Å². The monoisotopic (exact) mass is 542 g/mol. The minimum absolute atomic E-state index is 0.395. The normalized spacial score (nSPS) is 10.8. The zero-order valence-electron chi connectivity index (χ0n) is 21.8. The van der Waals surface area contributed by atoms with Gasteiger partial charge in [-0.25, -0.2) is 9.67 Å². The van der Waals surface area contributed by atoms with Crippen molar-refractivity contribution in [1.29, 1.82) is 5.26 Å². The largest absolute Gasteiger partial charge is 0.497 e. The topological polar surface area (TPSA) is 73.0 Å². The molecule has 7 heteroatoms. The van der Waals surface area contributed by atoms with Crippen LogP contribution in [0.15, 0.2) is 103 Å². The maximum absolute atomic E-state index is 10.7. The van der Waals surface area contributed by atoms with Crippen LogP contribution >= 0.6 is 11.6 Å². The average molecular weight is 543 g/mol. The lowest BCUT2D eigenvalue weighted by atomic mass is 9.91. The third-order valence-corrected chi connectivity index (χ3v) is 7.02. The van der Waals surface area contributed by atoms with Gasteiger partial charge in [-0.15, -0.1) is 0 Å². The van der Waals surface area contributed by atoms with E-state index in [-0.39, 0.29) is 0 Å². The minimum Gasteiger partial charge on any atom is -0.497 e. The number of fused-ring (bicyclic) bond motifs is 1. The van der Waals surface area contributed by atoms with E-state index in [2.05, 4.69) is 6.07 Å². The summed E-state index contributed by atoms with van der Waals surface area (Å²) in [6.07, 6.45) is 0. The number of benzene rings is 4. The molecule has 0 unspecified atom stereocenters. The summed E-state index contributed by atoms with van der Waals surface area (Å²) in [6, 6.07) is 35.1. The van der Waals surface area contributed by atoms with Crippen LogP contribution < -0.4 is 9.47 Å². The molecule has 40 heavy (non-hydrogen) atoms. The van der Waals surface area contributed by atoms with E-state index in [0.29, 0.717) is 50.2 Å². The Morgan fingerprint density at radius 3 is 2.10 bits per heavy atom. The SMILES string of the molecule is COc1ccc(OC)c(-c2c(C#N)c(-c3ccc(Cl)cc3)nc3c2c(-c2ccccc2)nn3-c2ccccc2)c1.